The Labute approximate surface area is 159 Å². The Hall–Kier alpha value is -0.0700. The van der Waals surface area contributed by atoms with Crippen LogP contribution in [0.2, 0.25) is 0 Å². The minimum absolute atomic E-state index is 0. The number of aryl methyl sites for hydroxylation is 2. The first-order valence-corrected chi connectivity index (χ1v) is 10.6. The molecule has 0 amide bonds. The summed E-state index contributed by atoms with van der Waals surface area (Å²) in [6.07, 6.45) is 0. The third-order valence-corrected chi connectivity index (χ3v) is 8.40. The van der Waals surface area contributed by atoms with E-state index < -0.39 is 5.77 Å². The third kappa shape index (κ3) is 5.53. The molecule has 0 aliphatic heterocycles. The summed E-state index contributed by atoms with van der Waals surface area (Å²) in [5.41, 5.74) is 1.59. The predicted octanol–water partition coefficient (Wildman–Crippen LogP) is 1.07. The van der Waals surface area contributed by atoms with Gasteiger partial charge in [0.1, 0.15) is 5.75 Å². The van der Waals surface area contributed by atoms with Crippen LogP contribution in [-0.4, -0.2) is 10.00 Å². The van der Waals surface area contributed by atoms with Gasteiger partial charge in [-0.1, -0.05) is 24.3 Å². The molecule has 0 aliphatic carbocycles. The van der Waals surface area contributed by atoms with E-state index >= 15 is 0 Å². The van der Waals surface area contributed by atoms with Crippen molar-refractivity contribution < 1.29 is 49.2 Å². The van der Waals surface area contributed by atoms with Gasteiger partial charge in [0.15, 0.2) is 0 Å². The summed E-state index contributed by atoms with van der Waals surface area (Å²) < 4.78 is 12.4. The summed E-state index contributed by atoms with van der Waals surface area (Å²) in [6.45, 7) is 3.59. The van der Waals surface area contributed by atoms with Crippen LogP contribution >= 0.6 is 28.5 Å². The fourth-order valence-electron chi connectivity index (χ4n) is 1.63. The minimum Gasteiger partial charge on any atom is -0.872 e. The summed E-state index contributed by atoms with van der Waals surface area (Å²) in [6, 6.07) is 9.09. The van der Waals surface area contributed by atoms with E-state index in [4.69, 9.17) is 0 Å². The maximum atomic E-state index is 12.4. The van der Waals surface area contributed by atoms with Gasteiger partial charge in [-0.25, -0.2) is 0 Å². The van der Waals surface area contributed by atoms with Gasteiger partial charge in [-0.15, -0.1) is 5.75 Å². The average Bonchev–Trinajstić information content (AvgIpc) is 2.37. The molecule has 2 aromatic carbocycles. The fraction of sp³-hybridized carbons (Fsp3) is 0.143. The number of phenols is 1. The molecule has 8 heteroatoms. The number of phenolic OH excluding ortho intramolecular Hbond substituents is 1. The summed E-state index contributed by atoms with van der Waals surface area (Å²) in [5.74, 6) is -3.79. The predicted molar refractivity (Wildman–Crippen MR) is 85.0 cm³/mol. The molecule has 2 aromatic rings. The number of rotatable bonds is 4. The monoisotopic (exact) mass is 364 g/mol. The topological polar surface area (TPSA) is 80.6 Å². The van der Waals surface area contributed by atoms with Gasteiger partial charge in [-0.2, -0.15) is 0 Å². The van der Waals surface area contributed by atoms with Crippen molar-refractivity contribution in [3.63, 3.8) is 0 Å². The van der Waals surface area contributed by atoms with Gasteiger partial charge in [0.05, 0.1) is 0 Å². The molecule has 0 saturated carbocycles. The summed E-state index contributed by atoms with van der Waals surface area (Å²) in [7, 11) is 0. The normalized spacial score (nSPS) is 13.2. The molecule has 0 aliphatic rings. The van der Waals surface area contributed by atoms with Crippen LogP contribution < -0.4 is 34.7 Å². The molecule has 1 atom stereocenters. The molecule has 0 bridgehead atoms. The molecule has 22 heavy (non-hydrogen) atoms. The van der Waals surface area contributed by atoms with Gasteiger partial charge < -0.3 is 15.1 Å². The van der Waals surface area contributed by atoms with Crippen molar-refractivity contribution in [1.82, 2.24) is 0 Å². The van der Waals surface area contributed by atoms with Crippen LogP contribution in [0.25, 0.3) is 0 Å². The first kappa shape index (κ1) is 20.0. The van der Waals surface area contributed by atoms with Crippen molar-refractivity contribution in [3.8, 4) is 11.5 Å². The van der Waals surface area contributed by atoms with Gasteiger partial charge in [-0.05, 0) is 59.9 Å². The van der Waals surface area contributed by atoms with Crippen molar-refractivity contribution in [1.29, 1.82) is 0 Å². The molecule has 1 unspecified atom stereocenters. The molecule has 0 spiro atoms. The molecular formula is C14H14NaO4PS2. The zero-order valence-corrected chi connectivity index (χ0v) is 17.0. The van der Waals surface area contributed by atoms with Gasteiger partial charge in [0.2, 0.25) is 0 Å². The molecular weight excluding hydrogens is 350 g/mol. The van der Waals surface area contributed by atoms with Crippen molar-refractivity contribution in [2.75, 3.05) is 0 Å². The Morgan fingerprint density at radius 3 is 2.09 bits per heavy atom. The van der Waals surface area contributed by atoms with E-state index in [1.165, 1.54) is 24.3 Å². The largest absolute Gasteiger partial charge is 1.00 e. The standard InChI is InChI=1S/C14H15O4PS2.Na/c1-9-3-5-11(15)7-13(9)20-19(17,18)21-14-8-12(16)6-4-10(14)2;/h3-8,15-16H,1-2H3,(H,17,18);/q;+1/p-1. The Morgan fingerprint density at radius 2 is 1.50 bits per heavy atom. The van der Waals surface area contributed by atoms with Crippen LogP contribution in [0.3, 0.4) is 0 Å². The Balaban J connectivity index is 0.00000242. The van der Waals surface area contributed by atoms with Crippen molar-refractivity contribution in [2.45, 2.75) is 23.6 Å². The number of aromatic hydroxyl groups is 1. The molecule has 0 heterocycles. The van der Waals surface area contributed by atoms with Gasteiger partial charge in [0.25, 0.3) is 0 Å². The number of benzene rings is 2. The molecule has 2 N–H and O–H groups in total. The van der Waals surface area contributed by atoms with E-state index in [-0.39, 0.29) is 41.1 Å². The van der Waals surface area contributed by atoms with Crippen LogP contribution in [0.15, 0.2) is 46.2 Å². The van der Waals surface area contributed by atoms with E-state index in [0.717, 1.165) is 33.9 Å². The Morgan fingerprint density at radius 1 is 1.00 bits per heavy atom. The van der Waals surface area contributed by atoms with E-state index in [1.54, 1.807) is 26.0 Å². The summed E-state index contributed by atoms with van der Waals surface area (Å²) in [4.78, 5) is 11.2. The van der Waals surface area contributed by atoms with Crippen LogP contribution in [0.1, 0.15) is 11.1 Å². The maximum absolute atomic E-state index is 12.4. The SMILES string of the molecule is Cc1ccc([O-])cc1SP(=O)(O)Sc1cc(O)ccc1C.[Na+]. The van der Waals surface area contributed by atoms with Gasteiger partial charge >= 0.3 is 35.3 Å². The molecule has 4 nitrogen and oxygen atoms in total. The van der Waals surface area contributed by atoms with Crippen LogP contribution in [0.5, 0.6) is 11.5 Å². The zero-order chi connectivity index (χ0) is 15.6. The van der Waals surface area contributed by atoms with Crippen LogP contribution in [0.4, 0.5) is 0 Å². The van der Waals surface area contributed by atoms with Gasteiger partial charge in [-0.3, -0.25) is 4.57 Å². The average molecular weight is 364 g/mol. The van der Waals surface area contributed by atoms with Crippen LogP contribution in [0, 0.1) is 13.8 Å². The quantitative estimate of drug-likeness (QED) is 0.624. The van der Waals surface area contributed by atoms with E-state index in [0.29, 0.717) is 9.79 Å². The number of hydrogen-bond donors (Lipinski definition) is 2. The Bertz CT molecular complexity index is 666. The maximum Gasteiger partial charge on any atom is 1.00 e. The molecule has 0 saturated heterocycles. The molecule has 0 fully saturated rings. The fourth-order valence-corrected chi connectivity index (χ4v) is 7.50. The molecule has 0 radical (unpaired) electrons. The second kappa shape index (κ2) is 8.15. The van der Waals surface area contributed by atoms with Crippen molar-refractivity contribution in [3.05, 3.63) is 47.5 Å². The summed E-state index contributed by atoms with van der Waals surface area (Å²) in [5, 5.41) is 20.8. The van der Waals surface area contributed by atoms with Crippen LogP contribution in [-0.2, 0) is 4.57 Å². The molecule has 2 rings (SSSR count). The number of hydrogen-bond acceptors (Lipinski definition) is 5. The minimum atomic E-state index is -3.65. The molecule has 112 valence electrons. The smallest absolute Gasteiger partial charge is 0.872 e. The first-order chi connectivity index (χ1) is 9.77. The second-order valence-electron chi connectivity index (χ2n) is 4.53. The van der Waals surface area contributed by atoms with Gasteiger partial charge in [0, 0.05) is 9.79 Å². The van der Waals surface area contributed by atoms with Crippen molar-refractivity contribution >= 4 is 28.5 Å². The van der Waals surface area contributed by atoms with E-state index in [1.807, 2.05) is 0 Å². The second-order valence-corrected chi connectivity index (χ2v) is 11.5. The third-order valence-electron chi connectivity index (χ3n) is 2.76. The Kier molecular flexibility index (Phi) is 7.40. The van der Waals surface area contributed by atoms with E-state index in [9.17, 15) is 19.7 Å². The van der Waals surface area contributed by atoms with E-state index in [2.05, 4.69) is 0 Å². The summed E-state index contributed by atoms with van der Waals surface area (Å²) >= 11 is 1.60. The molecule has 0 aromatic heterocycles. The zero-order valence-electron chi connectivity index (χ0n) is 12.4. The first-order valence-electron chi connectivity index (χ1n) is 6.06. The van der Waals surface area contributed by atoms with Crippen molar-refractivity contribution in [2.24, 2.45) is 0 Å².